The minimum Gasteiger partial charge on any atom is -0.467 e. The average Bonchev–Trinajstić information content (AvgIpc) is 3.00. The number of carbonyl (C=O) groups excluding carboxylic acids is 1. The zero-order chi connectivity index (χ0) is 14.8. The predicted molar refractivity (Wildman–Crippen MR) is 81.1 cm³/mol. The van der Waals surface area contributed by atoms with E-state index < -0.39 is 0 Å². The van der Waals surface area contributed by atoms with E-state index in [9.17, 15) is 4.79 Å². The highest BCUT2D eigenvalue weighted by molar-refractivity contribution is 7.09. The third kappa shape index (κ3) is 3.10. The zero-order valence-electron chi connectivity index (χ0n) is 12.2. The average molecular weight is 305 g/mol. The van der Waals surface area contributed by atoms with Crippen LogP contribution in [-0.2, 0) is 6.54 Å². The highest BCUT2D eigenvalue weighted by Crippen LogP contribution is 2.34. The second-order valence-corrected chi connectivity index (χ2v) is 6.29. The molecule has 2 amide bonds. The standard InChI is InChI=1S/C15H19N3O2S/c1-10-14(21-9-17-10)8-16-15(19)18(12-5-6-12)11(2)13-4-3-7-20-13/h3-4,7,9,11-12H,5-6,8H2,1-2H3,(H,16,19)/t11-/m0/s1. The normalized spacial score (nSPS) is 15.7. The molecule has 0 radical (unpaired) electrons. The van der Waals surface area contributed by atoms with Gasteiger partial charge in [-0.05, 0) is 38.8 Å². The minimum absolute atomic E-state index is 0.0331. The molecule has 0 aromatic carbocycles. The van der Waals surface area contributed by atoms with Crippen LogP contribution in [0.2, 0.25) is 0 Å². The van der Waals surface area contributed by atoms with Crippen LogP contribution in [-0.4, -0.2) is 22.0 Å². The van der Waals surface area contributed by atoms with Gasteiger partial charge in [0.15, 0.2) is 0 Å². The number of furan rings is 1. The Hall–Kier alpha value is -1.82. The molecule has 2 aromatic heterocycles. The maximum absolute atomic E-state index is 12.5. The molecule has 6 heteroatoms. The Morgan fingerprint density at radius 1 is 1.62 bits per heavy atom. The van der Waals surface area contributed by atoms with Crippen molar-refractivity contribution in [2.75, 3.05) is 0 Å². The molecule has 21 heavy (non-hydrogen) atoms. The van der Waals surface area contributed by atoms with Crippen molar-refractivity contribution in [1.29, 1.82) is 0 Å². The van der Waals surface area contributed by atoms with Gasteiger partial charge >= 0.3 is 6.03 Å². The summed E-state index contributed by atoms with van der Waals surface area (Å²) in [7, 11) is 0. The topological polar surface area (TPSA) is 58.4 Å². The Morgan fingerprint density at radius 2 is 2.43 bits per heavy atom. The highest BCUT2D eigenvalue weighted by Gasteiger charge is 2.37. The van der Waals surface area contributed by atoms with Gasteiger partial charge in [-0.2, -0.15) is 0 Å². The molecule has 3 rings (SSSR count). The van der Waals surface area contributed by atoms with Crippen molar-refractivity contribution in [3.8, 4) is 0 Å². The van der Waals surface area contributed by atoms with Crippen molar-refractivity contribution in [2.45, 2.75) is 45.3 Å². The Labute approximate surface area is 128 Å². The molecule has 112 valence electrons. The van der Waals surface area contributed by atoms with Crippen LogP contribution in [0.25, 0.3) is 0 Å². The number of nitrogens with one attached hydrogen (secondary N) is 1. The zero-order valence-corrected chi connectivity index (χ0v) is 13.0. The van der Waals surface area contributed by atoms with Gasteiger partial charge in [0.1, 0.15) is 5.76 Å². The first-order valence-corrected chi connectivity index (χ1v) is 8.03. The van der Waals surface area contributed by atoms with Crippen LogP contribution in [0.15, 0.2) is 28.3 Å². The lowest BCUT2D eigenvalue weighted by Gasteiger charge is -2.28. The fourth-order valence-corrected chi connectivity index (χ4v) is 3.14. The number of thiazole rings is 1. The molecular weight excluding hydrogens is 286 g/mol. The summed E-state index contributed by atoms with van der Waals surface area (Å²) in [6, 6.07) is 4.02. The lowest BCUT2D eigenvalue weighted by atomic mass is 10.2. The molecule has 1 aliphatic carbocycles. The molecule has 1 aliphatic rings. The van der Waals surface area contributed by atoms with Crippen molar-refractivity contribution in [1.82, 2.24) is 15.2 Å². The van der Waals surface area contributed by atoms with E-state index in [1.807, 2.05) is 30.9 Å². The lowest BCUT2D eigenvalue weighted by molar-refractivity contribution is 0.166. The summed E-state index contributed by atoms with van der Waals surface area (Å²) in [4.78, 5) is 19.7. The Bertz CT molecular complexity index is 604. The van der Waals surface area contributed by atoms with E-state index in [2.05, 4.69) is 10.3 Å². The lowest BCUT2D eigenvalue weighted by Crippen LogP contribution is -2.42. The number of nitrogens with zero attached hydrogens (tertiary/aromatic N) is 2. The Kier molecular flexibility index (Phi) is 3.96. The summed E-state index contributed by atoms with van der Waals surface area (Å²) in [6.07, 6.45) is 3.78. The molecule has 1 atom stereocenters. The van der Waals surface area contributed by atoms with Crippen molar-refractivity contribution in [3.63, 3.8) is 0 Å². The number of carbonyl (C=O) groups is 1. The highest BCUT2D eigenvalue weighted by atomic mass is 32.1. The molecule has 0 unspecified atom stereocenters. The Morgan fingerprint density at radius 3 is 3.00 bits per heavy atom. The van der Waals surface area contributed by atoms with Crippen molar-refractivity contribution >= 4 is 17.4 Å². The first kappa shape index (κ1) is 14.1. The van der Waals surface area contributed by atoms with Crippen molar-refractivity contribution < 1.29 is 9.21 Å². The van der Waals surface area contributed by atoms with E-state index in [0.29, 0.717) is 12.6 Å². The van der Waals surface area contributed by atoms with Crippen LogP contribution >= 0.6 is 11.3 Å². The maximum atomic E-state index is 12.5. The van der Waals surface area contributed by atoms with Gasteiger partial charge in [-0.15, -0.1) is 11.3 Å². The number of aryl methyl sites for hydroxylation is 1. The van der Waals surface area contributed by atoms with E-state index in [1.165, 1.54) is 0 Å². The van der Waals surface area contributed by atoms with Crippen LogP contribution < -0.4 is 5.32 Å². The van der Waals surface area contributed by atoms with Crippen LogP contribution in [0, 0.1) is 6.92 Å². The van der Waals surface area contributed by atoms with Gasteiger partial charge in [0, 0.05) is 10.9 Å². The number of rotatable bonds is 5. The maximum Gasteiger partial charge on any atom is 0.318 e. The molecule has 0 saturated heterocycles. The second kappa shape index (κ2) is 5.89. The van der Waals surface area contributed by atoms with E-state index in [-0.39, 0.29) is 12.1 Å². The summed E-state index contributed by atoms with van der Waals surface area (Å²) in [6.45, 7) is 4.50. The monoisotopic (exact) mass is 305 g/mol. The SMILES string of the molecule is Cc1ncsc1CNC(=O)N(C1CC1)[C@@H](C)c1ccco1. The number of hydrogen-bond acceptors (Lipinski definition) is 4. The summed E-state index contributed by atoms with van der Waals surface area (Å²) in [5.74, 6) is 0.825. The fraction of sp³-hybridized carbons (Fsp3) is 0.467. The summed E-state index contributed by atoms with van der Waals surface area (Å²) in [5.41, 5.74) is 2.79. The molecule has 1 N–H and O–H groups in total. The van der Waals surface area contributed by atoms with Crippen molar-refractivity contribution in [3.05, 3.63) is 40.2 Å². The van der Waals surface area contributed by atoms with Gasteiger partial charge in [0.25, 0.3) is 0 Å². The summed E-state index contributed by atoms with van der Waals surface area (Å²) < 4.78 is 5.44. The predicted octanol–water partition coefficient (Wildman–Crippen LogP) is 3.48. The van der Waals surface area contributed by atoms with Crippen LogP contribution in [0.1, 0.15) is 42.1 Å². The molecule has 0 spiro atoms. The largest absolute Gasteiger partial charge is 0.467 e. The van der Waals surface area contributed by atoms with Crippen LogP contribution in [0.4, 0.5) is 4.79 Å². The van der Waals surface area contributed by atoms with Gasteiger partial charge in [0.2, 0.25) is 0 Å². The third-order valence-corrected chi connectivity index (χ3v) is 4.73. The van der Waals surface area contributed by atoms with Crippen molar-refractivity contribution in [2.24, 2.45) is 0 Å². The number of hydrogen-bond donors (Lipinski definition) is 1. The molecule has 1 saturated carbocycles. The molecule has 2 heterocycles. The van der Waals surface area contributed by atoms with Gasteiger partial charge in [-0.1, -0.05) is 0 Å². The van der Waals surface area contributed by atoms with Crippen LogP contribution in [0.5, 0.6) is 0 Å². The quantitative estimate of drug-likeness (QED) is 0.920. The van der Waals surface area contributed by atoms with E-state index in [0.717, 1.165) is 29.2 Å². The molecule has 5 nitrogen and oxygen atoms in total. The summed E-state index contributed by atoms with van der Waals surface area (Å²) >= 11 is 1.57. The molecule has 1 fully saturated rings. The minimum atomic E-state index is -0.0462. The van der Waals surface area contributed by atoms with Gasteiger partial charge in [0.05, 0.1) is 30.1 Å². The van der Waals surface area contributed by atoms with Crippen LogP contribution in [0.3, 0.4) is 0 Å². The first-order chi connectivity index (χ1) is 10.2. The van der Waals surface area contributed by atoms with E-state index in [4.69, 9.17) is 4.42 Å². The van der Waals surface area contributed by atoms with Gasteiger partial charge in [-0.25, -0.2) is 9.78 Å². The molecular formula is C15H19N3O2S. The number of urea groups is 1. The Balaban J connectivity index is 1.66. The van der Waals surface area contributed by atoms with Gasteiger partial charge < -0.3 is 14.6 Å². The smallest absolute Gasteiger partial charge is 0.318 e. The van der Waals surface area contributed by atoms with E-state index in [1.54, 1.807) is 23.1 Å². The first-order valence-electron chi connectivity index (χ1n) is 7.15. The van der Waals surface area contributed by atoms with Gasteiger partial charge in [-0.3, -0.25) is 0 Å². The third-order valence-electron chi connectivity index (χ3n) is 3.79. The molecule has 0 bridgehead atoms. The molecule has 2 aromatic rings. The number of amides is 2. The molecule has 0 aliphatic heterocycles. The fourth-order valence-electron chi connectivity index (χ4n) is 2.42. The van der Waals surface area contributed by atoms with E-state index >= 15 is 0 Å². The summed E-state index contributed by atoms with van der Waals surface area (Å²) in [5, 5.41) is 3.01. The number of aromatic nitrogens is 1. The second-order valence-electron chi connectivity index (χ2n) is 5.35.